The minimum Gasteiger partial charge on any atom is -0.239 e. The molecule has 2 aromatic rings. The van der Waals surface area contributed by atoms with Gasteiger partial charge in [0.2, 0.25) is 0 Å². The van der Waals surface area contributed by atoms with Crippen molar-refractivity contribution in [3.8, 4) is 5.69 Å². The molecule has 1 heterocycles. The number of rotatable bonds is 1. The van der Waals surface area contributed by atoms with Crippen molar-refractivity contribution >= 4 is 11.6 Å². The summed E-state index contributed by atoms with van der Waals surface area (Å²) in [6.45, 7) is 3.90. The van der Waals surface area contributed by atoms with Crippen molar-refractivity contribution in [1.82, 2.24) is 9.78 Å². The third-order valence-electron chi connectivity index (χ3n) is 1.79. The summed E-state index contributed by atoms with van der Waals surface area (Å²) in [6.07, 6.45) is 1.81. The van der Waals surface area contributed by atoms with E-state index < -0.39 is 0 Å². The summed E-state index contributed by atoms with van der Waals surface area (Å²) in [5, 5.41) is 4.57. The Morgan fingerprint density at radius 2 is 2.00 bits per heavy atom. The molecule has 13 heavy (non-hydrogen) atoms. The van der Waals surface area contributed by atoms with Crippen LogP contribution >= 0.6 is 11.6 Å². The molecule has 0 amide bonds. The van der Waals surface area contributed by atoms with Gasteiger partial charge in [0.05, 0.1) is 5.69 Å². The fourth-order valence-corrected chi connectivity index (χ4v) is 1.31. The molecule has 0 fully saturated rings. The first kappa shape index (κ1) is 8.32. The van der Waals surface area contributed by atoms with Crippen LogP contribution in [0, 0.1) is 6.92 Å². The van der Waals surface area contributed by atoms with Crippen LogP contribution in [0.1, 0.15) is 5.56 Å². The second-order valence-electron chi connectivity index (χ2n) is 2.71. The largest absolute Gasteiger partial charge is 0.239 e. The van der Waals surface area contributed by atoms with Crippen molar-refractivity contribution < 1.29 is 0 Å². The summed E-state index contributed by atoms with van der Waals surface area (Å²) in [5.41, 5.74) is 1.89. The van der Waals surface area contributed by atoms with Gasteiger partial charge in [-0.1, -0.05) is 29.8 Å². The van der Waals surface area contributed by atoms with Gasteiger partial charge in [-0.3, -0.25) is 0 Å². The number of nitrogens with zero attached hydrogens (tertiary/aromatic N) is 2. The number of aromatic nitrogens is 2. The summed E-state index contributed by atoms with van der Waals surface area (Å²) in [4.78, 5) is 0. The average molecular weight is 192 g/mol. The maximum Gasteiger partial charge on any atom is 0.151 e. The summed E-state index contributed by atoms with van der Waals surface area (Å²) < 4.78 is 1.71. The minimum absolute atomic E-state index is 0.489. The van der Waals surface area contributed by atoms with Gasteiger partial charge in [0, 0.05) is 6.20 Å². The van der Waals surface area contributed by atoms with E-state index in [0.717, 1.165) is 11.3 Å². The van der Waals surface area contributed by atoms with E-state index in [4.69, 9.17) is 11.6 Å². The lowest BCUT2D eigenvalue weighted by molar-refractivity contribution is 0.877. The van der Waals surface area contributed by atoms with Gasteiger partial charge >= 0.3 is 0 Å². The molecule has 0 aliphatic carbocycles. The van der Waals surface area contributed by atoms with Gasteiger partial charge in [0.15, 0.2) is 5.15 Å². The van der Waals surface area contributed by atoms with Gasteiger partial charge in [-0.2, -0.15) is 5.10 Å². The monoisotopic (exact) mass is 191 g/mol. The maximum absolute atomic E-state index is 5.71. The first-order valence-electron chi connectivity index (χ1n) is 3.90. The molecule has 2 rings (SSSR count). The molecule has 0 saturated heterocycles. The molecule has 0 aliphatic rings. The first-order valence-corrected chi connectivity index (χ1v) is 4.28. The van der Waals surface area contributed by atoms with Gasteiger partial charge < -0.3 is 0 Å². The fourth-order valence-electron chi connectivity index (χ4n) is 1.17. The summed E-state index contributed by atoms with van der Waals surface area (Å²) in [6, 6.07) is 9.51. The van der Waals surface area contributed by atoms with Gasteiger partial charge in [0.1, 0.15) is 0 Å². The summed E-state index contributed by atoms with van der Waals surface area (Å²) in [7, 11) is 0. The van der Waals surface area contributed by atoms with E-state index in [1.54, 1.807) is 10.7 Å². The average Bonchev–Trinajstić information content (AvgIpc) is 2.53. The zero-order valence-corrected chi connectivity index (χ0v) is 7.70. The number of hydrogen-bond acceptors (Lipinski definition) is 1. The van der Waals surface area contributed by atoms with Gasteiger partial charge in [-0.05, 0) is 24.6 Å². The second kappa shape index (κ2) is 3.23. The molecule has 2 nitrogen and oxygen atoms in total. The molecule has 0 bridgehead atoms. The molecular formula is C10H8ClN2. The molecule has 3 heteroatoms. The van der Waals surface area contributed by atoms with Crippen LogP contribution in [0.25, 0.3) is 5.69 Å². The Bertz CT molecular complexity index is 420. The standard InChI is InChI=1S/C10H8ClN2/c1-8-4-2-3-5-9(8)13-7-6-10(11)12-13/h2-7H,1H2. The Kier molecular flexibility index (Phi) is 2.07. The summed E-state index contributed by atoms with van der Waals surface area (Å²) >= 11 is 5.71. The predicted octanol–water partition coefficient (Wildman–Crippen LogP) is 2.71. The Morgan fingerprint density at radius 3 is 2.62 bits per heavy atom. The van der Waals surface area contributed by atoms with E-state index in [2.05, 4.69) is 12.0 Å². The van der Waals surface area contributed by atoms with Crippen LogP contribution in [0.5, 0.6) is 0 Å². The van der Waals surface area contributed by atoms with E-state index in [1.807, 2.05) is 30.5 Å². The van der Waals surface area contributed by atoms with Crippen LogP contribution in [0.3, 0.4) is 0 Å². The molecule has 0 spiro atoms. The molecule has 0 atom stereocenters. The van der Waals surface area contributed by atoms with E-state index in [0.29, 0.717) is 5.15 Å². The molecular weight excluding hydrogens is 184 g/mol. The van der Waals surface area contributed by atoms with Crippen LogP contribution in [0.4, 0.5) is 0 Å². The number of para-hydroxylation sites is 1. The SMILES string of the molecule is [CH2]c1ccccc1-n1ccc(Cl)n1. The molecule has 0 aliphatic heterocycles. The Morgan fingerprint density at radius 1 is 1.23 bits per heavy atom. The third-order valence-corrected chi connectivity index (χ3v) is 2.00. The van der Waals surface area contributed by atoms with Crippen molar-refractivity contribution in [3.05, 3.63) is 54.2 Å². The zero-order valence-electron chi connectivity index (χ0n) is 6.94. The Labute approximate surface area is 81.8 Å². The van der Waals surface area contributed by atoms with Crippen molar-refractivity contribution in [2.75, 3.05) is 0 Å². The quantitative estimate of drug-likeness (QED) is 0.678. The molecule has 1 radical (unpaired) electrons. The van der Waals surface area contributed by atoms with Crippen molar-refractivity contribution in [3.63, 3.8) is 0 Å². The second-order valence-corrected chi connectivity index (χ2v) is 3.10. The molecule has 0 saturated carbocycles. The van der Waals surface area contributed by atoms with Gasteiger partial charge in [-0.25, -0.2) is 4.68 Å². The van der Waals surface area contributed by atoms with Crippen LogP contribution in [0.15, 0.2) is 36.5 Å². The van der Waals surface area contributed by atoms with E-state index in [9.17, 15) is 0 Å². The molecule has 0 unspecified atom stereocenters. The van der Waals surface area contributed by atoms with Gasteiger partial charge in [0.25, 0.3) is 0 Å². The molecule has 1 aromatic carbocycles. The highest BCUT2D eigenvalue weighted by Gasteiger charge is 2.00. The lowest BCUT2D eigenvalue weighted by Gasteiger charge is -2.03. The topological polar surface area (TPSA) is 17.8 Å². The first-order chi connectivity index (χ1) is 6.27. The van der Waals surface area contributed by atoms with Crippen molar-refractivity contribution in [2.24, 2.45) is 0 Å². The number of benzene rings is 1. The van der Waals surface area contributed by atoms with E-state index in [-0.39, 0.29) is 0 Å². The lowest BCUT2D eigenvalue weighted by Crippen LogP contribution is -1.96. The normalized spacial score (nSPS) is 10.3. The lowest BCUT2D eigenvalue weighted by atomic mass is 10.2. The van der Waals surface area contributed by atoms with E-state index >= 15 is 0 Å². The highest BCUT2D eigenvalue weighted by molar-refractivity contribution is 6.29. The van der Waals surface area contributed by atoms with Crippen LogP contribution in [0.2, 0.25) is 5.15 Å². The summed E-state index contributed by atoms with van der Waals surface area (Å²) in [5.74, 6) is 0. The highest BCUT2D eigenvalue weighted by Crippen LogP contribution is 2.13. The fraction of sp³-hybridized carbons (Fsp3) is 0. The zero-order chi connectivity index (χ0) is 9.26. The van der Waals surface area contributed by atoms with Crippen molar-refractivity contribution in [2.45, 2.75) is 0 Å². The number of hydrogen-bond donors (Lipinski definition) is 0. The van der Waals surface area contributed by atoms with Crippen LogP contribution in [-0.4, -0.2) is 9.78 Å². The third kappa shape index (κ3) is 1.58. The molecule has 65 valence electrons. The Hall–Kier alpha value is -1.28. The highest BCUT2D eigenvalue weighted by atomic mass is 35.5. The molecule has 0 N–H and O–H groups in total. The smallest absolute Gasteiger partial charge is 0.151 e. The minimum atomic E-state index is 0.489. The maximum atomic E-state index is 5.71. The van der Waals surface area contributed by atoms with Crippen LogP contribution in [-0.2, 0) is 0 Å². The Balaban J connectivity index is 2.52. The van der Waals surface area contributed by atoms with Gasteiger partial charge in [-0.15, -0.1) is 0 Å². The van der Waals surface area contributed by atoms with E-state index in [1.165, 1.54) is 0 Å². The number of halogens is 1. The van der Waals surface area contributed by atoms with Crippen LogP contribution < -0.4 is 0 Å². The van der Waals surface area contributed by atoms with Crippen molar-refractivity contribution in [1.29, 1.82) is 0 Å². The molecule has 1 aromatic heterocycles. The predicted molar refractivity (Wildman–Crippen MR) is 53.0 cm³/mol.